The molecule has 40 heavy (non-hydrogen) atoms. The van der Waals surface area contributed by atoms with Crippen molar-refractivity contribution in [1.29, 1.82) is 0 Å². The van der Waals surface area contributed by atoms with Gasteiger partial charge in [-0.2, -0.15) is 0 Å². The standard InChI is InChI=1S/C33H39N5O2/c1-3-25-11-7-8-12-26(25)21-35-33(40)32(24(2)29-22-34-30-16-10-9-15-28(29)30)36-31(39)23-37-17-19-38(20-18-37)27-13-5-4-6-14-27/h4-16,22,24,32,34H,3,17-21,23H2,1-2H3,(H,35,40)(H,36,39). The number of anilines is 1. The first-order valence-electron chi connectivity index (χ1n) is 14.3. The Kier molecular flexibility index (Phi) is 8.81. The Morgan fingerprint density at radius 1 is 0.875 bits per heavy atom. The maximum absolute atomic E-state index is 13.7. The third-order valence-corrected chi connectivity index (χ3v) is 8.02. The zero-order valence-electron chi connectivity index (χ0n) is 23.4. The van der Waals surface area contributed by atoms with Crippen LogP contribution in [-0.2, 0) is 22.6 Å². The predicted octanol–water partition coefficient (Wildman–Crippen LogP) is 4.46. The maximum atomic E-state index is 13.7. The summed E-state index contributed by atoms with van der Waals surface area (Å²) in [5, 5.41) is 7.28. The molecule has 1 aliphatic heterocycles. The van der Waals surface area contributed by atoms with Crippen molar-refractivity contribution in [3.8, 4) is 0 Å². The predicted molar refractivity (Wildman–Crippen MR) is 161 cm³/mol. The van der Waals surface area contributed by atoms with Gasteiger partial charge in [0.1, 0.15) is 6.04 Å². The highest BCUT2D eigenvalue weighted by Gasteiger charge is 2.30. The second-order valence-corrected chi connectivity index (χ2v) is 10.6. The third-order valence-electron chi connectivity index (χ3n) is 8.02. The topological polar surface area (TPSA) is 80.5 Å². The number of carbonyl (C=O) groups is 2. The molecule has 1 aliphatic rings. The number of rotatable bonds is 10. The van der Waals surface area contributed by atoms with Gasteiger partial charge in [0.05, 0.1) is 6.54 Å². The fourth-order valence-corrected chi connectivity index (χ4v) is 5.66. The minimum atomic E-state index is -0.703. The monoisotopic (exact) mass is 537 g/mol. The summed E-state index contributed by atoms with van der Waals surface area (Å²) < 4.78 is 0. The van der Waals surface area contributed by atoms with E-state index in [2.05, 4.69) is 68.7 Å². The van der Waals surface area contributed by atoms with E-state index < -0.39 is 6.04 Å². The van der Waals surface area contributed by atoms with E-state index in [1.54, 1.807) is 0 Å². The van der Waals surface area contributed by atoms with Crippen LogP contribution in [0.15, 0.2) is 85.1 Å². The maximum Gasteiger partial charge on any atom is 0.243 e. The Morgan fingerprint density at radius 2 is 1.55 bits per heavy atom. The molecule has 7 nitrogen and oxygen atoms in total. The summed E-state index contributed by atoms with van der Waals surface area (Å²) in [4.78, 5) is 34.8. The molecule has 0 radical (unpaired) electrons. The smallest absolute Gasteiger partial charge is 0.243 e. The normalized spacial score (nSPS) is 15.5. The van der Waals surface area contributed by atoms with Crippen molar-refractivity contribution in [3.63, 3.8) is 0 Å². The van der Waals surface area contributed by atoms with Crippen LogP contribution in [0.1, 0.15) is 36.5 Å². The van der Waals surface area contributed by atoms with E-state index in [4.69, 9.17) is 0 Å². The molecule has 2 atom stereocenters. The molecule has 0 bridgehead atoms. The molecule has 5 rings (SSSR count). The van der Waals surface area contributed by atoms with Crippen molar-refractivity contribution in [1.82, 2.24) is 20.5 Å². The summed E-state index contributed by atoms with van der Waals surface area (Å²) >= 11 is 0. The highest BCUT2D eigenvalue weighted by molar-refractivity contribution is 5.91. The summed E-state index contributed by atoms with van der Waals surface area (Å²) in [7, 11) is 0. The average Bonchev–Trinajstić information content (AvgIpc) is 3.43. The first-order valence-corrected chi connectivity index (χ1v) is 14.3. The summed E-state index contributed by atoms with van der Waals surface area (Å²) in [5.74, 6) is -0.531. The van der Waals surface area contributed by atoms with Gasteiger partial charge in [0.2, 0.25) is 11.8 Å². The lowest BCUT2D eigenvalue weighted by molar-refractivity contribution is -0.130. The molecule has 1 aromatic heterocycles. The van der Waals surface area contributed by atoms with E-state index in [0.717, 1.165) is 54.6 Å². The van der Waals surface area contributed by atoms with Crippen LogP contribution in [0, 0.1) is 0 Å². The summed E-state index contributed by atoms with van der Waals surface area (Å²) in [6.45, 7) is 8.15. The number of benzene rings is 3. The molecule has 0 spiro atoms. The second-order valence-electron chi connectivity index (χ2n) is 10.6. The number of fused-ring (bicyclic) bond motifs is 1. The number of carbonyl (C=O) groups excluding carboxylic acids is 2. The van der Waals surface area contributed by atoms with Crippen LogP contribution in [-0.4, -0.2) is 60.5 Å². The van der Waals surface area contributed by atoms with Crippen LogP contribution >= 0.6 is 0 Å². The first-order chi connectivity index (χ1) is 19.5. The lowest BCUT2D eigenvalue weighted by Gasteiger charge is -2.36. The summed E-state index contributed by atoms with van der Waals surface area (Å²) in [6.07, 6.45) is 2.85. The quantitative estimate of drug-likeness (QED) is 0.279. The molecule has 1 fully saturated rings. The van der Waals surface area contributed by atoms with E-state index in [0.29, 0.717) is 6.54 Å². The van der Waals surface area contributed by atoms with Crippen LogP contribution < -0.4 is 15.5 Å². The van der Waals surface area contributed by atoms with Crippen molar-refractivity contribution >= 4 is 28.4 Å². The number of para-hydroxylation sites is 2. The fourth-order valence-electron chi connectivity index (χ4n) is 5.66. The third kappa shape index (κ3) is 6.37. The molecule has 0 aliphatic carbocycles. The highest BCUT2D eigenvalue weighted by atomic mass is 16.2. The van der Waals surface area contributed by atoms with E-state index in [-0.39, 0.29) is 24.3 Å². The Bertz CT molecular complexity index is 1430. The van der Waals surface area contributed by atoms with Crippen molar-refractivity contribution in [2.24, 2.45) is 0 Å². The van der Waals surface area contributed by atoms with E-state index in [1.807, 2.05) is 55.6 Å². The molecule has 208 valence electrons. The molecule has 2 unspecified atom stereocenters. The van der Waals surface area contributed by atoms with Gasteiger partial charge in [-0.1, -0.05) is 74.5 Å². The van der Waals surface area contributed by atoms with Crippen LogP contribution in [0.25, 0.3) is 10.9 Å². The minimum absolute atomic E-state index is 0.131. The van der Waals surface area contributed by atoms with Gasteiger partial charge in [0.25, 0.3) is 0 Å². The molecular weight excluding hydrogens is 498 g/mol. The largest absolute Gasteiger partial charge is 0.369 e. The van der Waals surface area contributed by atoms with Crippen molar-refractivity contribution in [2.45, 2.75) is 38.8 Å². The number of aryl methyl sites for hydroxylation is 1. The number of aromatic nitrogens is 1. The number of hydrogen-bond donors (Lipinski definition) is 3. The zero-order chi connectivity index (χ0) is 27.9. The number of nitrogens with zero attached hydrogens (tertiary/aromatic N) is 2. The Labute approximate surface area is 236 Å². The van der Waals surface area contributed by atoms with Gasteiger partial charge in [-0.25, -0.2) is 0 Å². The van der Waals surface area contributed by atoms with Crippen LogP contribution in [0.3, 0.4) is 0 Å². The molecule has 3 aromatic carbocycles. The Balaban J connectivity index is 1.27. The average molecular weight is 538 g/mol. The minimum Gasteiger partial charge on any atom is -0.369 e. The van der Waals surface area contributed by atoms with E-state index in [1.165, 1.54) is 11.3 Å². The van der Waals surface area contributed by atoms with Gasteiger partial charge in [-0.3, -0.25) is 14.5 Å². The van der Waals surface area contributed by atoms with Gasteiger partial charge in [-0.15, -0.1) is 0 Å². The van der Waals surface area contributed by atoms with Crippen LogP contribution in [0.5, 0.6) is 0 Å². The second kappa shape index (κ2) is 12.8. The van der Waals surface area contributed by atoms with Gasteiger partial charge in [0, 0.05) is 61.4 Å². The molecule has 0 saturated carbocycles. The van der Waals surface area contributed by atoms with E-state index in [9.17, 15) is 9.59 Å². The van der Waals surface area contributed by atoms with Gasteiger partial charge in [-0.05, 0) is 41.3 Å². The van der Waals surface area contributed by atoms with Gasteiger partial charge in [0.15, 0.2) is 0 Å². The first kappa shape index (κ1) is 27.5. The molecule has 2 heterocycles. The number of H-pyrrole nitrogens is 1. The molecule has 3 N–H and O–H groups in total. The van der Waals surface area contributed by atoms with Crippen molar-refractivity contribution in [3.05, 3.63) is 102 Å². The lowest BCUT2D eigenvalue weighted by atomic mass is 9.92. The summed E-state index contributed by atoms with van der Waals surface area (Å²) in [5.41, 5.74) is 5.55. The molecule has 4 aromatic rings. The van der Waals surface area contributed by atoms with E-state index >= 15 is 0 Å². The Morgan fingerprint density at radius 3 is 2.30 bits per heavy atom. The van der Waals surface area contributed by atoms with Gasteiger partial charge < -0.3 is 20.5 Å². The lowest BCUT2D eigenvalue weighted by Crippen LogP contribution is -2.54. The number of amides is 2. The van der Waals surface area contributed by atoms with Gasteiger partial charge >= 0.3 is 0 Å². The van der Waals surface area contributed by atoms with Crippen LogP contribution in [0.2, 0.25) is 0 Å². The van der Waals surface area contributed by atoms with Crippen LogP contribution in [0.4, 0.5) is 5.69 Å². The number of aromatic amines is 1. The molecular formula is C33H39N5O2. The molecule has 7 heteroatoms. The molecule has 2 amide bonds. The fraction of sp³-hybridized carbons (Fsp3) is 0.333. The Hall–Kier alpha value is -4.10. The number of piperazine rings is 1. The number of hydrogen-bond acceptors (Lipinski definition) is 4. The SMILES string of the molecule is CCc1ccccc1CNC(=O)C(NC(=O)CN1CCN(c2ccccc2)CC1)C(C)c1c[nH]c2ccccc12. The zero-order valence-corrected chi connectivity index (χ0v) is 23.4. The highest BCUT2D eigenvalue weighted by Crippen LogP contribution is 2.28. The van der Waals surface area contributed by atoms with Crippen molar-refractivity contribution in [2.75, 3.05) is 37.6 Å². The molecule has 1 saturated heterocycles. The van der Waals surface area contributed by atoms with Crippen molar-refractivity contribution < 1.29 is 9.59 Å². The number of nitrogens with one attached hydrogen (secondary N) is 3. The summed E-state index contributed by atoms with van der Waals surface area (Å²) in [6, 6.07) is 25.9.